The minimum Gasteiger partial charge on any atom is -0.353 e. The van der Waals surface area contributed by atoms with Crippen molar-refractivity contribution in [2.75, 3.05) is 31.1 Å². The zero-order valence-corrected chi connectivity index (χ0v) is 13.7. The fourth-order valence-electron chi connectivity index (χ4n) is 2.54. The maximum absolute atomic E-state index is 8.76. The number of nitrogens with zero attached hydrogens (tertiary/aromatic N) is 5. The smallest absolute Gasteiger partial charge is 0.163 e. The molecule has 0 bridgehead atoms. The Kier molecular flexibility index (Phi) is 4.66. The molecule has 2 heterocycles. The molecule has 1 aliphatic rings. The Balaban J connectivity index is 1.55. The van der Waals surface area contributed by atoms with Crippen LogP contribution in [0, 0.1) is 11.3 Å². The van der Waals surface area contributed by atoms with Gasteiger partial charge in [-0.05, 0) is 29.8 Å². The van der Waals surface area contributed by atoms with Gasteiger partial charge in [-0.2, -0.15) is 5.26 Å². The highest BCUT2D eigenvalue weighted by Crippen LogP contribution is 2.16. The number of halogens is 1. The molecule has 1 saturated heterocycles. The fraction of sp³-hybridized carbons (Fsp3) is 0.312. The monoisotopic (exact) mass is 357 g/mol. The average Bonchev–Trinajstić information content (AvgIpc) is 2.58. The Labute approximate surface area is 138 Å². The van der Waals surface area contributed by atoms with Crippen molar-refractivity contribution in [1.29, 1.82) is 5.26 Å². The maximum Gasteiger partial charge on any atom is 0.163 e. The number of hydrogen-bond donors (Lipinski definition) is 0. The average molecular weight is 358 g/mol. The summed E-state index contributed by atoms with van der Waals surface area (Å²) in [6, 6.07) is 14.1. The van der Waals surface area contributed by atoms with Gasteiger partial charge in [0.25, 0.3) is 0 Å². The molecule has 5 nitrogen and oxygen atoms in total. The molecule has 0 aliphatic carbocycles. The molecule has 0 radical (unpaired) electrons. The van der Waals surface area contributed by atoms with E-state index in [9.17, 15) is 0 Å². The zero-order chi connectivity index (χ0) is 15.4. The van der Waals surface area contributed by atoms with E-state index in [4.69, 9.17) is 5.26 Å². The summed E-state index contributed by atoms with van der Waals surface area (Å²) >= 11 is 3.46. The van der Waals surface area contributed by atoms with E-state index in [2.05, 4.69) is 60.2 Å². The van der Waals surface area contributed by atoms with Gasteiger partial charge in [-0.1, -0.05) is 28.1 Å². The summed E-state index contributed by atoms with van der Waals surface area (Å²) in [5.74, 6) is 0.849. The molecule has 112 valence electrons. The largest absolute Gasteiger partial charge is 0.353 e. The van der Waals surface area contributed by atoms with Crippen molar-refractivity contribution < 1.29 is 0 Å². The second-order valence-electron chi connectivity index (χ2n) is 5.28. The van der Waals surface area contributed by atoms with Gasteiger partial charge in [0.15, 0.2) is 11.5 Å². The van der Waals surface area contributed by atoms with E-state index in [1.165, 1.54) is 5.56 Å². The van der Waals surface area contributed by atoms with E-state index in [0.717, 1.165) is 43.0 Å². The van der Waals surface area contributed by atoms with Crippen LogP contribution in [0.25, 0.3) is 0 Å². The van der Waals surface area contributed by atoms with Crippen LogP contribution in [0.3, 0.4) is 0 Å². The van der Waals surface area contributed by atoms with Crippen LogP contribution in [0.1, 0.15) is 11.3 Å². The van der Waals surface area contributed by atoms with Crippen LogP contribution < -0.4 is 4.90 Å². The zero-order valence-electron chi connectivity index (χ0n) is 12.1. The molecule has 3 rings (SSSR count). The topological polar surface area (TPSA) is 56.1 Å². The number of nitriles is 1. The fourth-order valence-corrected chi connectivity index (χ4v) is 2.80. The Morgan fingerprint density at radius 3 is 2.32 bits per heavy atom. The standard InChI is InChI=1S/C16H16BrN5/c17-14-3-1-13(2-4-14)12-21-7-9-22(10-8-21)16-6-5-15(11-18)19-20-16/h1-6H,7-10,12H2. The highest BCUT2D eigenvalue weighted by atomic mass is 79.9. The molecule has 2 aromatic rings. The first-order chi connectivity index (χ1) is 10.7. The Hall–Kier alpha value is -1.97. The van der Waals surface area contributed by atoms with Crippen molar-refractivity contribution >= 4 is 21.7 Å². The van der Waals surface area contributed by atoms with Crippen LogP contribution in [0.4, 0.5) is 5.82 Å². The Morgan fingerprint density at radius 2 is 1.73 bits per heavy atom. The third kappa shape index (κ3) is 3.62. The molecule has 0 saturated carbocycles. The maximum atomic E-state index is 8.76. The Bertz CT molecular complexity index is 654. The second-order valence-corrected chi connectivity index (χ2v) is 6.19. The number of hydrogen-bond acceptors (Lipinski definition) is 5. The van der Waals surface area contributed by atoms with Crippen LogP contribution in [-0.4, -0.2) is 41.3 Å². The van der Waals surface area contributed by atoms with Crippen LogP contribution >= 0.6 is 15.9 Å². The van der Waals surface area contributed by atoms with E-state index in [-0.39, 0.29) is 0 Å². The van der Waals surface area contributed by atoms with Crippen molar-refractivity contribution in [3.05, 3.63) is 52.1 Å². The molecule has 0 unspecified atom stereocenters. The normalized spacial score (nSPS) is 15.5. The van der Waals surface area contributed by atoms with Gasteiger partial charge < -0.3 is 4.90 Å². The predicted octanol–water partition coefficient (Wildman–Crippen LogP) is 2.43. The number of rotatable bonds is 3. The van der Waals surface area contributed by atoms with Crippen molar-refractivity contribution in [2.45, 2.75) is 6.54 Å². The Morgan fingerprint density at radius 1 is 1.00 bits per heavy atom. The quantitative estimate of drug-likeness (QED) is 0.844. The van der Waals surface area contributed by atoms with Gasteiger partial charge >= 0.3 is 0 Å². The molecule has 0 atom stereocenters. The highest BCUT2D eigenvalue weighted by Gasteiger charge is 2.18. The summed E-state index contributed by atoms with van der Waals surface area (Å²) in [5, 5.41) is 16.8. The summed E-state index contributed by atoms with van der Waals surface area (Å²) in [7, 11) is 0. The van der Waals surface area contributed by atoms with Crippen LogP contribution in [-0.2, 0) is 6.54 Å². The first-order valence-corrected chi connectivity index (χ1v) is 7.99. The minimum atomic E-state index is 0.359. The predicted molar refractivity (Wildman–Crippen MR) is 88.4 cm³/mol. The van der Waals surface area contributed by atoms with Crippen molar-refractivity contribution in [3.63, 3.8) is 0 Å². The van der Waals surface area contributed by atoms with Crippen molar-refractivity contribution in [1.82, 2.24) is 15.1 Å². The van der Waals surface area contributed by atoms with Gasteiger partial charge in [-0.3, -0.25) is 4.90 Å². The molecule has 22 heavy (non-hydrogen) atoms. The van der Waals surface area contributed by atoms with Crippen LogP contribution in [0.2, 0.25) is 0 Å². The highest BCUT2D eigenvalue weighted by molar-refractivity contribution is 9.10. The van der Waals surface area contributed by atoms with Gasteiger partial charge in [-0.25, -0.2) is 0 Å². The summed E-state index contributed by atoms with van der Waals surface area (Å²) in [5.41, 5.74) is 1.69. The molecule has 1 aliphatic heterocycles. The molecule has 0 N–H and O–H groups in total. The van der Waals surface area contributed by atoms with Gasteiger partial charge in [0, 0.05) is 37.2 Å². The third-order valence-corrected chi connectivity index (χ3v) is 4.31. The molecule has 1 fully saturated rings. The lowest BCUT2D eigenvalue weighted by Gasteiger charge is -2.35. The molecular formula is C16H16BrN5. The van der Waals surface area contributed by atoms with Gasteiger partial charge in [0.2, 0.25) is 0 Å². The van der Waals surface area contributed by atoms with Gasteiger partial charge in [0.05, 0.1) is 0 Å². The molecule has 1 aromatic heterocycles. The second kappa shape index (κ2) is 6.86. The summed E-state index contributed by atoms with van der Waals surface area (Å²) in [6.07, 6.45) is 0. The van der Waals surface area contributed by atoms with E-state index < -0.39 is 0 Å². The van der Waals surface area contributed by atoms with Crippen LogP contribution in [0.5, 0.6) is 0 Å². The van der Waals surface area contributed by atoms with E-state index in [1.807, 2.05) is 12.1 Å². The summed E-state index contributed by atoms with van der Waals surface area (Å²) in [6.45, 7) is 4.82. The van der Waals surface area contributed by atoms with Crippen molar-refractivity contribution in [3.8, 4) is 6.07 Å². The molecule has 1 aromatic carbocycles. The number of aromatic nitrogens is 2. The number of benzene rings is 1. The molecule has 0 amide bonds. The van der Waals surface area contributed by atoms with Crippen molar-refractivity contribution in [2.24, 2.45) is 0 Å². The van der Waals surface area contributed by atoms with E-state index in [1.54, 1.807) is 6.07 Å². The minimum absolute atomic E-state index is 0.359. The molecule has 0 spiro atoms. The number of anilines is 1. The van der Waals surface area contributed by atoms with E-state index >= 15 is 0 Å². The SMILES string of the molecule is N#Cc1ccc(N2CCN(Cc3ccc(Br)cc3)CC2)nn1. The van der Waals surface area contributed by atoms with Gasteiger partial charge in [0.1, 0.15) is 6.07 Å². The lowest BCUT2D eigenvalue weighted by molar-refractivity contribution is 0.249. The molecular weight excluding hydrogens is 342 g/mol. The summed E-state index contributed by atoms with van der Waals surface area (Å²) < 4.78 is 1.11. The summed E-state index contributed by atoms with van der Waals surface area (Å²) in [4.78, 5) is 4.66. The third-order valence-electron chi connectivity index (χ3n) is 3.78. The van der Waals surface area contributed by atoms with E-state index in [0.29, 0.717) is 5.69 Å². The number of piperazine rings is 1. The lowest BCUT2D eigenvalue weighted by Crippen LogP contribution is -2.46. The van der Waals surface area contributed by atoms with Crippen LogP contribution in [0.15, 0.2) is 40.9 Å². The first kappa shape index (κ1) is 14.9. The molecule has 6 heteroatoms. The first-order valence-electron chi connectivity index (χ1n) is 7.20. The lowest BCUT2D eigenvalue weighted by atomic mass is 10.2. The van der Waals surface area contributed by atoms with Gasteiger partial charge in [-0.15, -0.1) is 10.2 Å².